The van der Waals surface area contributed by atoms with Gasteiger partial charge in [-0.2, -0.15) is 0 Å². The molecule has 0 saturated carbocycles. The molecule has 2 rings (SSSR count). The molecule has 1 unspecified atom stereocenters. The van der Waals surface area contributed by atoms with Crippen molar-refractivity contribution < 1.29 is 27.1 Å². The zero-order valence-corrected chi connectivity index (χ0v) is 17.6. The van der Waals surface area contributed by atoms with Crippen molar-refractivity contribution in [2.45, 2.75) is 17.1 Å². The molecule has 0 fully saturated rings. The third-order valence-electron chi connectivity index (χ3n) is 4.15. The predicted octanol–water partition coefficient (Wildman–Crippen LogP) is 2.75. The molecule has 1 N–H and O–H groups in total. The minimum atomic E-state index is -4.04. The van der Waals surface area contributed by atoms with Gasteiger partial charge in [-0.05, 0) is 49.4 Å². The highest BCUT2D eigenvalue weighted by Crippen LogP contribution is 2.27. The Morgan fingerprint density at radius 2 is 1.83 bits per heavy atom. The highest BCUT2D eigenvalue weighted by Gasteiger charge is 2.32. The van der Waals surface area contributed by atoms with Crippen molar-refractivity contribution in [3.8, 4) is 5.75 Å². The summed E-state index contributed by atoms with van der Waals surface area (Å²) in [7, 11) is -1.30. The van der Waals surface area contributed by atoms with Crippen LogP contribution in [0.4, 0.5) is 10.1 Å². The number of anilines is 1. The number of sulfone groups is 1. The average Bonchev–Trinajstić information content (AvgIpc) is 2.67. The van der Waals surface area contributed by atoms with E-state index in [0.29, 0.717) is 16.5 Å². The number of carbonyl (C=O) groups is 2. The SMILES string of the molecule is COc1ccc(Cl)cc1NC(=O)CN(C)C(=O)C(C)S(=O)(=O)c1ccc(F)cc1. The highest BCUT2D eigenvalue weighted by atomic mass is 35.5. The van der Waals surface area contributed by atoms with Gasteiger partial charge in [0.25, 0.3) is 0 Å². The van der Waals surface area contributed by atoms with Gasteiger partial charge >= 0.3 is 0 Å². The van der Waals surface area contributed by atoms with Crippen LogP contribution in [0.3, 0.4) is 0 Å². The number of methoxy groups -OCH3 is 1. The van der Waals surface area contributed by atoms with E-state index in [4.69, 9.17) is 16.3 Å². The summed E-state index contributed by atoms with van der Waals surface area (Å²) in [5, 5.41) is 1.50. The molecule has 10 heteroatoms. The van der Waals surface area contributed by atoms with Crippen LogP contribution in [0, 0.1) is 5.82 Å². The molecule has 7 nitrogen and oxygen atoms in total. The summed E-state index contributed by atoms with van der Waals surface area (Å²) < 4.78 is 43.3. The molecular formula is C19H20ClFN2O5S. The van der Waals surface area contributed by atoms with Crippen LogP contribution >= 0.6 is 11.6 Å². The first-order chi connectivity index (χ1) is 13.6. The summed E-state index contributed by atoms with van der Waals surface area (Å²) in [6, 6.07) is 8.83. The molecule has 0 heterocycles. The molecule has 2 aromatic rings. The maximum absolute atomic E-state index is 13.0. The Bertz CT molecular complexity index is 1010. The quantitative estimate of drug-likeness (QED) is 0.665. The van der Waals surface area contributed by atoms with Gasteiger partial charge in [-0.1, -0.05) is 11.6 Å². The molecule has 0 saturated heterocycles. The lowest BCUT2D eigenvalue weighted by Gasteiger charge is -2.21. The molecule has 0 spiro atoms. The van der Waals surface area contributed by atoms with E-state index in [-0.39, 0.29) is 4.90 Å². The summed E-state index contributed by atoms with van der Waals surface area (Å²) in [4.78, 5) is 25.7. The molecular weight excluding hydrogens is 423 g/mol. The Kier molecular flexibility index (Phi) is 7.21. The smallest absolute Gasteiger partial charge is 0.244 e. The molecule has 0 aliphatic rings. The van der Waals surface area contributed by atoms with Crippen molar-refractivity contribution >= 4 is 38.9 Å². The van der Waals surface area contributed by atoms with Gasteiger partial charge in [0, 0.05) is 12.1 Å². The maximum atomic E-state index is 13.0. The molecule has 156 valence electrons. The van der Waals surface area contributed by atoms with Crippen molar-refractivity contribution in [1.82, 2.24) is 4.90 Å². The van der Waals surface area contributed by atoms with Crippen LogP contribution in [0.25, 0.3) is 0 Å². The van der Waals surface area contributed by atoms with Crippen molar-refractivity contribution in [1.29, 1.82) is 0 Å². The number of amides is 2. The van der Waals surface area contributed by atoms with Gasteiger partial charge in [-0.3, -0.25) is 9.59 Å². The Labute approximate surface area is 173 Å². The minimum absolute atomic E-state index is 0.179. The number of halogens is 2. The van der Waals surface area contributed by atoms with Gasteiger partial charge in [0.15, 0.2) is 9.84 Å². The first kappa shape index (κ1) is 22.6. The number of ether oxygens (including phenoxy) is 1. The molecule has 29 heavy (non-hydrogen) atoms. The van der Waals surface area contributed by atoms with E-state index < -0.39 is 39.3 Å². The zero-order valence-electron chi connectivity index (χ0n) is 16.0. The van der Waals surface area contributed by atoms with Crippen LogP contribution in [0.5, 0.6) is 5.75 Å². The lowest BCUT2D eigenvalue weighted by molar-refractivity contribution is -0.132. The number of nitrogens with zero attached hydrogens (tertiary/aromatic N) is 1. The molecule has 1 atom stereocenters. The third-order valence-corrected chi connectivity index (χ3v) is 6.44. The van der Waals surface area contributed by atoms with Crippen LogP contribution in [-0.2, 0) is 19.4 Å². The van der Waals surface area contributed by atoms with E-state index in [1.54, 1.807) is 12.1 Å². The molecule has 2 amide bonds. The third kappa shape index (κ3) is 5.45. The second kappa shape index (κ2) is 9.23. The van der Waals surface area contributed by atoms with Crippen molar-refractivity contribution in [3.05, 3.63) is 53.3 Å². The molecule has 0 aliphatic carbocycles. The lowest BCUT2D eigenvalue weighted by Crippen LogP contribution is -2.42. The standard InChI is InChI=1S/C19H20ClFN2O5S/c1-12(29(26,27)15-7-5-14(21)6-8-15)19(25)23(2)11-18(24)22-16-10-13(20)4-9-17(16)28-3/h4-10,12H,11H2,1-3H3,(H,22,24). The fourth-order valence-electron chi connectivity index (χ4n) is 2.53. The topological polar surface area (TPSA) is 92.8 Å². The highest BCUT2D eigenvalue weighted by molar-refractivity contribution is 7.92. The summed E-state index contributed by atoms with van der Waals surface area (Å²) >= 11 is 5.91. The van der Waals surface area contributed by atoms with Gasteiger partial charge in [0.1, 0.15) is 16.8 Å². The van der Waals surface area contributed by atoms with Crippen molar-refractivity contribution in [2.24, 2.45) is 0 Å². The van der Waals surface area contributed by atoms with Crippen LogP contribution in [-0.4, -0.2) is 51.1 Å². The van der Waals surface area contributed by atoms with Crippen molar-refractivity contribution in [2.75, 3.05) is 26.0 Å². The normalized spacial score (nSPS) is 12.2. The number of benzene rings is 2. The Hall–Kier alpha value is -2.65. The number of hydrogen-bond donors (Lipinski definition) is 1. The summed E-state index contributed by atoms with van der Waals surface area (Å²) in [6.07, 6.45) is 0. The molecule has 0 aliphatic heterocycles. The van der Waals surface area contributed by atoms with E-state index in [9.17, 15) is 22.4 Å². The summed E-state index contributed by atoms with van der Waals surface area (Å²) in [5.41, 5.74) is 0.317. The first-order valence-corrected chi connectivity index (χ1v) is 10.4. The summed E-state index contributed by atoms with van der Waals surface area (Å²) in [5.74, 6) is -1.55. The molecule has 0 bridgehead atoms. The first-order valence-electron chi connectivity index (χ1n) is 8.44. The van der Waals surface area contributed by atoms with Gasteiger partial charge in [0.05, 0.1) is 24.2 Å². The van der Waals surface area contributed by atoms with Gasteiger partial charge in [0.2, 0.25) is 11.8 Å². The van der Waals surface area contributed by atoms with Gasteiger partial charge < -0.3 is 15.0 Å². The monoisotopic (exact) mass is 442 g/mol. The second-order valence-corrected chi connectivity index (χ2v) is 8.93. The summed E-state index contributed by atoms with van der Waals surface area (Å²) in [6.45, 7) is 0.827. The number of likely N-dealkylation sites (N-methyl/N-ethyl adjacent to an activating group) is 1. The van der Waals surface area contributed by atoms with Gasteiger partial charge in [-0.15, -0.1) is 0 Å². The average molecular weight is 443 g/mol. The minimum Gasteiger partial charge on any atom is -0.495 e. The largest absolute Gasteiger partial charge is 0.495 e. The Morgan fingerprint density at radius 3 is 2.41 bits per heavy atom. The van der Waals surface area contributed by atoms with Crippen LogP contribution in [0.1, 0.15) is 6.92 Å². The van der Waals surface area contributed by atoms with E-state index in [1.165, 1.54) is 27.1 Å². The number of rotatable bonds is 7. The zero-order chi connectivity index (χ0) is 21.8. The van der Waals surface area contributed by atoms with Crippen LogP contribution in [0.15, 0.2) is 47.4 Å². The Balaban J connectivity index is 2.08. The lowest BCUT2D eigenvalue weighted by atomic mass is 10.3. The van der Waals surface area contributed by atoms with Crippen LogP contribution in [0.2, 0.25) is 5.02 Å². The maximum Gasteiger partial charge on any atom is 0.244 e. The Morgan fingerprint density at radius 1 is 1.21 bits per heavy atom. The number of hydrogen-bond acceptors (Lipinski definition) is 5. The predicted molar refractivity (Wildman–Crippen MR) is 107 cm³/mol. The fraction of sp³-hybridized carbons (Fsp3) is 0.263. The van der Waals surface area contributed by atoms with E-state index in [2.05, 4.69) is 5.32 Å². The molecule has 2 aromatic carbocycles. The van der Waals surface area contributed by atoms with E-state index in [0.717, 1.165) is 29.2 Å². The number of nitrogens with one attached hydrogen (secondary N) is 1. The van der Waals surface area contributed by atoms with Crippen LogP contribution < -0.4 is 10.1 Å². The van der Waals surface area contributed by atoms with E-state index in [1.807, 2.05) is 0 Å². The van der Waals surface area contributed by atoms with E-state index >= 15 is 0 Å². The van der Waals surface area contributed by atoms with Crippen molar-refractivity contribution in [3.63, 3.8) is 0 Å². The second-order valence-electron chi connectivity index (χ2n) is 6.23. The molecule has 0 aromatic heterocycles. The van der Waals surface area contributed by atoms with Gasteiger partial charge in [-0.25, -0.2) is 12.8 Å². The fourth-order valence-corrected chi connectivity index (χ4v) is 4.07. The molecule has 0 radical (unpaired) electrons. The number of carbonyl (C=O) groups excluding carboxylic acids is 2.